The van der Waals surface area contributed by atoms with Crippen LogP contribution in [0.2, 0.25) is 0 Å². The molecule has 1 aromatic rings. The Hall–Kier alpha value is -1.02. The van der Waals surface area contributed by atoms with Gasteiger partial charge in [-0.25, -0.2) is 0 Å². The first kappa shape index (κ1) is 11.5. The highest BCUT2D eigenvalue weighted by Crippen LogP contribution is 2.37. The highest BCUT2D eigenvalue weighted by atomic mass is 16.5. The fourth-order valence-corrected chi connectivity index (χ4v) is 1.84. The first-order chi connectivity index (χ1) is 7.79. The van der Waals surface area contributed by atoms with E-state index in [0.717, 1.165) is 36.7 Å². The number of benzene rings is 1. The van der Waals surface area contributed by atoms with Crippen LogP contribution in [-0.2, 0) is 0 Å². The molecule has 0 radical (unpaired) electrons. The van der Waals surface area contributed by atoms with Crippen LogP contribution in [0, 0.1) is 5.92 Å². The Morgan fingerprint density at radius 2 is 2.25 bits per heavy atom. The van der Waals surface area contributed by atoms with Gasteiger partial charge in [0.05, 0.1) is 12.7 Å². The maximum atomic E-state index is 10.0. The lowest BCUT2D eigenvalue weighted by molar-refractivity contribution is 0.160. The third kappa shape index (κ3) is 3.24. The molecule has 2 heteroatoms. The molecule has 2 rings (SSSR count). The van der Waals surface area contributed by atoms with E-state index in [9.17, 15) is 5.11 Å². The summed E-state index contributed by atoms with van der Waals surface area (Å²) in [5, 5.41) is 10.0. The maximum Gasteiger partial charge on any atom is 0.119 e. The minimum Gasteiger partial charge on any atom is -0.494 e. The number of rotatable bonds is 6. The van der Waals surface area contributed by atoms with Crippen LogP contribution in [0.5, 0.6) is 5.75 Å². The molecular weight excluding hydrogens is 200 g/mol. The molecule has 0 saturated heterocycles. The van der Waals surface area contributed by atoms with Crippen molar-refractivity contribution in [3.8, 4) is 5.75 Å². The predicted octanol–water partition coefficient (Wildman–Crippen LogP) is 3.31. The monoisotopic (exact) mass is 220 g/mol. The van der Waals surface area contributed by atoms with E-state index in [2.05, 4.69) is 6.92 Å². The molecule has 1 atom stereocenters. The summed E-state index contributed by atoms with van der Waals surface area (Å²) >= 11 is 0. The Labute approximate surface area is 97.3 Å². The molecular formula is C14H20O2. The van der Waals surface area contributed by atoms with Crippen molar-refractivity contribution in [2.24, 2.45) is 5.92 Å². The van der Waals surface area contributed by atoms with E-state index in [1.54, 1.807) is 0 Å². The molecule has 1 saturated carbocycles. The van der Waals surface area contributed by atoms with Crippen LogP contribution in [0.15, 0.2) is 24.3 Å². The van der Waals surface area contributed by atoms with Crippen molar-refractivity contribution in [3.05, 3.63) is 29.8 Å². The molecule has 16 heavy (non-hydrogen) atoms. The van der Waals surface area contributed by atoms with Gasteiger partial charge in [-0.15, -0.1) is 0 Å². The molecule has 1 N–H and O–H groups in total. The summed E-state index contributed by atoms with van der Waals surface area (Å²) in [5.74, 6) is 1.62. The molecule has 1 aromatic carbocycles. The van der Waals surface area contributed by atoms with Crippen molar-refractivity contribution >= 4 is 0 Å². The second kappa shape index (κ2) is 5.35. The van der Waals surface area contributed by atoms with Crippen LogP contribution in [0.3, 0.4) is 0 Å². The predicted molar refractivity (Wildman–Crippen MR) is 64.5 cm³/mol. The summed E-state index contributed by atoms with van der Waals surface area (Å²) in [7, 11) is 0. The molecule has 0 aromatic heterocycles. The van der Waals surface area contributed by atoms with Gasteiger partial charge < -0.3 is 9.84 Å². The van der Waals surface area contributed by atoms with Gasteiger partial charge in [-0.3, -0.25) is 0 Å². The first-order valence-corrected chi connectivity index (χ1v) is 6.20. The molecule has 0 spiro atoms. The number of aliphatic hydroxyl groups excluding tert-OH is 1. The van der Waals surface area contributed by atoms with E-state index in [4.69, 9.17) is 4.74 Å². The Morgan fingerprint density at radius 1 is 1.44 bits per heavy atom. The van der Waals surface area contributed by atoms with Crippen molar-refractivity contribution in [3.63, 3.8) is 0 Å². The fourth-order valence-electron chi connectivity index (χ4n) is 1.84. The quantitative estimate of drug-likeness (QED) is 0.797. The van der Waals surface area contributed by atoms with Gasteiger partial charge in [0.25, 0.3) is 0 Å². The lowest BCUT2D eigenvalue weighted by Gasteiger charge is -2.12. The number of hydrogen-bond donors (Lipinski definition) is 1. The third-order valence-corrected chi connectivity index (χ3v) is 2.97. The van der Waals surface area contributed by atoms with Gasteiger partial charge in [0.1, 0.15) is 5.75 Å². The molecule has 88 valence electrons. The van der Waals surface area contributed by atoms with Crippen molar-refractivity contribution in [1.29, 1.82) is 0 Å². The maximum absolute atomic E-state index is 10.0. The Kier molecular flexibility index (Phi) is 3.83. The van der Waals surface area contributed by atoms with Gasteiger partial charge in [-0.1, -0.05) is 31.9 Å². The zero-order valence-corrected chi connectivity index (χ0v) is 9.86. The number of aliphatic hydroxyl groups is 1. The Balaban J connectivity index is 1.96. The van der Waals surface area contributed by atoms with E-state index in [1.165, 1.54) is 12.8 Å². The van der Waals surface area contributed by atoms with Crippen LogP contribution >= 0.6 is 0 Å². The van der Waals surface area contributed by atoms with Gasteiger partial charge in [0.15, 0.2) is 0 Å². The number of ether oxygens (including phenoxy) is 1. The summed E-state index contributed by atoms with van der Waals surface area (Å²) in [6.45, 7) is 2.83. The van der Waals surface area contributed by atoms with Crippen LogP contribution in [0.4, 0.5) is 0 Å². The minimum atomic E-state index is -0.322. The van der Waals surface area contributed by atoms with Crippen LogP contribution in [0.1, 0.15) is 44.3 Å². The van der Waals surface area contributed by atoms with E-state index in [-0.39, 0.29) is 6.10 Å². The SMILES string of the molecule is CCCOc1cccc(C(O)CC2CC2)c1. The van der Waals surface area contributed by atoms with Gasteiger partial charge >= 0.3 is 0 Å². The number of hydrogen-bond acceptors (Lipinski definition) is 2. The van der Waals surface area contributed by atoms with Crippen molar-refractivity contribution in [2.75, 3.05) is 6.61 Å². The molecule has 1 aliphatic rings. The average molecular weight is 220 g/mol. The van der Waals surface area contributed by atoms with Gasteiger partial charge in [0.2, 0.25) is 0 Å². The van der Waals surface area contributed by atoms with Crippen molar-refractivity contribution in [2.45, 2.75) is 38.7 Å². The largest absolute Gasteiger partial charge is 0.494 e. The van der Waals surface area contributed by atoms with Crippen LogP contribution in [-0.4, -0.2) is 11.7 Å². The highest BCUT2D eigenvalue weighted by Gasteiger charge is 2.25. The van der Waals surface area contributed by atoms with Crippen LogP contribution < -0.4 is 4.74 Å². The summed E-state index contributed by atoms with van der Waals surface area (Å²) in [4.78, 5) is 0. The summed E-state index contributed by atoms with van der Waals surface area (Å²) in [6.07, 6.45) is 4.15. The molecule has 2 nitrogen and oxygen atoms in total. The third-order valence-electron chi connectivity index (χ3n) is 2.97. The minimum absolute atomic E-state index is 0.322. The van der Waals surface area contributed by atoms with E-state index < -0.39 is 0 Å². The highest BCUT2D eigenvalue weighted by molar-refractivity contribution is 5.30. The first-order valence-electron chi connectivity index (χ1n) is 6.20. The Morgan fingerprint density at radius 3 is 2.94 bits per heavy atom. The zero-order chi connectivity index (χ0) is 11.4. The molecule has 0 aliphatic heterocycles. The normalized spacial score (nSPS) is 17.1. The lowest BCUT2D eigenvalue weighted by atomic mass is 10.0. The average Bonchev–Trinajstić information content (AvgIpc) is 3.10. The molecule has 0 bridgehead atoms. The Bertz CT molecular complexity index is 331. The van der Waals surface area contributed by atoms with Gasteiger partial charge in [-0.2, -0.15) is 0 Å². The molecule has 0 amide bonds. The standard InChI is InChI=1S/C14H20O2/c1-2-8-16-13-5-3-4-12(10-13)14(15)9-11-6-7-11/h3-5,10-11,14-15H,2,6-9H2,1H3. The lowest BCUT2D eigenvalue weighted by Crippen LogP contribution is -2.00. The molecule has 1 unspecified atom stereocenters. The van der Waals surface area contributed by atoms with E-state index in [1.807, 2.05) is 24.3 Å². The molecule has 1 aliphatic carbocycles. The van der Waals surface area contributed by atoms with Crippen LogP contribution in [0.25, 0.3) is 0 Å². The fraction of sp³-hybridized carbons (Fsp3) is 0.571. The summed E-state index contributed by atoms with van der Waals surface area (Å²) < 4.78 is 5.56. The smallest absolute Gasteiger partial charge is 0.119 e. The second-order valence-corrected chi connectivity index (χ2v) is 4.62. The topological polar surface area (TPSA) is 29.5 Å². The molecule has 0 heterocycles. The van der Waals surface area contributed by atoms with Gasteiger partial charge in [0, 0.05) is 0 Å². The van der Waals surface area contributed by atoms with Crippen molar-refractivity contribution in [1.82, 2.24) is 0 Å². The second-order valence-electron chi connectivity index (χ2n) is 4.62. The summed E-state index contributed by atoms with van der Waals surface area (Å²) in [5.41, 5.74) is 0.987. The van der Waals surface area contributed by atoms with E-state index in [0.29, 0.717) is 0 Å². The summed E-state index contributed by atoms with van der Waals surface area (Å²) in [6, 6.07) is 7.84. The van der Waals surface area contributed by atoms with Crippen molar-refractivity contribution < 1.29 is 9.84 Å². The molecule has 1 fully saturated rings. The van der Waals surface area contributed by atoms with E-state index >= 15 is 0 Å². The van der Waals surface area contributed by atoms with Gasteiger partial charge in [-0.05, 0) is 36.5 Å². The zero-order valence-electron chi connectivity index (χ0n) is 9.86.